The van der Waals surface area contributed by atoms with Crippen molar-refractivity contribution < 1.29 is 0 Å². The second-order valence-electron chi connectivity index (χ2n) is 4.79. The first-order chi connectivity index (χ1) is 9.74. The first-order valence-electron chi connectivity index (χ1n) is 6.45. The van der Waals surface area contributed by atoms with Gasteiger partial charge in [0.1, 0.15) is 5.02 Å². The molecule has 1 saturated heterocycles. The van der Waals surface area contributed by atoms with Crippen LogP contribution in [0.2, 0.25) is 5.02 Å². The average molecular weight is 311 g/mol. The molecule has 1 N–H and O–H groups in total. The molecule has 106 valence electrons. The maximum atomic E-state index is 11.5. The summed E-state index contributed by atoms with van der Waals surface area (Å²) in [6.45, 7) is 4.61. The van der Waals surface area contributed by atoms with Crippen molar-refractivity contribution in [3.05, 3.63) is 44.0 Å². The number of rotatable bonds is 3. The van der Waals surface area contributed by atoms with Crippen LogP contribution in [-0.4, -0.2) is 41.3 Å². The van der Waals surface area contributed by atoms with Gasteiger partial charge in [-0.25, -0.2) is 5.10 Å². The van der Waals surface area contributed by atoms with Gasteiger partial charge in [0.05, 0.1) is 11.9 Å². The molecule has 1 fully saturated rings. The lowest BCUT2D eigenvalue weighted by Gasteiger charge is -2.35. The van der Waals surface area contributed by atoms with E-state index in [2.05, 4.69) is 36.8 Å². The predicted octanol–water partition coefficient (Wildman–Crippen LogP) is 1.81. The number of aromatic amines is 1. The number of nitrogens with zero attached hydrogens (tertiary/aromatic N) is 3. The summed E-state index contributed by atoms with van der Waals surface area (Å²) in [5, 5.41) is 10.7. The Morgan fingerprint density at radius 3 is 2.85 bits per heavy atom. The molecule has 0 radical (unpaired) electrons. The van der Waals surface area contributed by atoms with Gasteiger partial charge >= 0.3 is 0 Å². The van der Waals surface area contributed by atoms with E-state index in [1.54, 1.807) is 17.5 Å². The van der Waals surface area contributed by atoms with Crippen LogP contribution >= 0.6 is 22.9 Å². The van der Waals surface area contributed by atoms with E-state index in [4.69, 9.17) is 11.6 Å². The highest BCUT2D eigenvalue weighted by atomic mass is 35.5. The normalized spacial score (nSPS) is 16.6. The molecule has 2 aromatic heterocycles. The Labute approximate surface area is 125 Å². The van der Waals surface area contributed by atoms with Crippen LogP contribution in [-0.2, 0) is 6.54 Å². The summed E-state index contributed by atoms with van der Waals surface area (Å²) in [6, 6.07) is 2.16. The molecule has 0 amide bonds. The van der Waals surface area contributed by atoms with Gasteiger partial charge in [0.2, 0.25) is 0 Å². The van der Waals surface area contributed by atoms with Crippen molar-refractivity contribution in [1.29, 1.82) is 0 Å². The van der Waals surface area contributed by atoms with Gasteiger partial charge in [0, 0.05) is 32.7 Å². The zero-order valence-corrected chi connectivity index (χ0v) is 12.5. The number of halogens is 1. The molecule has 0 unspecified atom stereocenters. The van der Waals surface area contributed by atoms with Gasteiger partial charge in [-0.3, -0.25) is 9.69 Å². The molecule has 1 aliphatic heterocycles. The smallest absolute Gasteiger partial charge is 0.285 e. The van der Waals surface area contributed by atoms with Gasteiger partial charge in [-0.2, -0.15) is 16.4 Å². The number of H-pyrrole nitrogens is 1. The summed E-state index contributed by atoms with van der Waals surface area (Å²) in [5.74, 6) is 0. The maximum absolute atomic E-state index is 11.5. The SMILES string of the molecule is O=c1[nH]ncc(N2CCN(Cc3ccsc3)CC2)c1Cl. The number of piperazine rings is 1. The molecule has 3 heterocycles. The minimum absolute atomic E-state index is 0.228. The van der Waals surface area contributed by atoms with E-state index < -0.39 is 0 Å². The van der Waals surface area contributed by atoms with Crippen molar-refractivity contribution in [2.45, 2.75) is 6.54 Å². The Morgan fingerprint density at radius 2 is 2.15 bits per heavy atom. The summed E-state index contributed by atoms with van der Waals surface area (Å²) in [4.78, 5) is 16.0. The van der Waals surface area contributed by atoms with Gasteiger partial charge in [0.15, 0.2) is 0 Å². The summed E-state index contributed by atoms with van der Waals surface area (Å²) in [7, 11) is 0. The number of anilines is 1. The summed E-state index contributed by atoms with van der Waals surface area (Å²) in [6.07, 6.45) is 1.62. The van der Waals surface area contributed by atoms with E-state index in [0.717, 1.165) is 38.4 Å². The standard InChI is InChI=1S/C13H15ClN4OS/c14-12-11(7-15-16-13(12)19)18-4-2-17(3-5-18)8-10-1-6-20-9-10/h1,6-7,9H,2-5,8H2,(H,16,19). The predicted molar refractivity (Wildman–Crippen MR) is 81.7 cm³/mol. The number of thiophene rings is 1. The van der Waals surface area contributed by atoms with Gasteiger partial charge in [-0.1, -0.05) is 11.6 Å². The average Bonchev–Trinajstić information content (AvgIpc) is 2.96. The lowest BCUT2D eigenvalue weighted by Crippen LogP contribution is -2.46. The van der Waals surface area contributed by atoms with E-state index in [1.807, 2.05) is 0 Å². The van der Waals surface area contributed by atoms with Crippen LogP contribution in [0.15, 0.2) is 27.8 Å². The summed E-state index contributed by atoms with van der Waals surface area (Å²) >= 11 is 7.77. The lowest BCUT2D eigenvalue weighted by molar-refractivity contribution is 0.250. The quantitative estimate of drug-likeness (QED) is 0.939. The Balaban J connectivity index is 1.63. The van der Waals surface area contributed by atoms with Gasteiger partial charge in [-0.05, 0) is 22.4 Å². The molecule has 0 spiro atoms. The largest absolute Gasteiger partial charge is 0.366 e. The maximum Gasteiger partial charge on any atom is 0.285 e. The minimum Gasteiger partial charge on any atom is -0.366 e. The van der Waals surface area contributed by atoms with Crippen LogP contribution in [0.25, 0.3) is 0 Å². The van der Waals surface area contributed by atoms with Gasteiger partial charge < -0.3 is 4.90 Å². The monoisotopic (exact) mass is 310 g/mol. The second kappa shape index (κ2) is 5.95. The highest BCUT2D eigenvalue weighted by Gasteiger charge is 2.20. The van der Waals surface area contributed by atoms with Crippen molar-refractivity contribution in [3.63, 3.8) is 0 Å². The summed E-state index contributed by atoms with van der Waals surface area (Å²) in [5.41, 5.74) is 1.76. The Bertz CT molecular complexity index is 620. The molecular formula is C13H15ClN4OS. The molecule has 0 bridgehead atoms. The van der Waals surface area contributed by atoms with E-state index in [0.29, 0.717) is 0 Å². The highest BCUT2D eigenvalue weighted by molar-refractivity contribution is 7.07. The van der Waals surface area contributed by atoms with Gasteiger partial charge in [-0.15, -0.1) is 0 Å². The van der Waals surface area contributed by atoms with E-state index in [9.17, 15) is 4.79 Å². The van der Waals surface area contributed by atoms with Crippen LogP contribution in [0, 0.1) is 0 Å². The van der Waals surface area contributed by atoms with Crippen molar-refractivity contribution >= 4 is 28.6 Å². The number of nitrogens with one attached hydrogen (secondary N) is 1. The van der Waals surface area contributed by atoms with Crippen LogP contribution in [0.4, 0.5) is 5.69 Å². The zero-order chi connectivity index (χ0) is 13.9. The molecule has 3 rings (SSSR count). The molecule has 5 nitrogen and oxygen atoms in total. The van der Waals surface area contributed by atoms with Crippen LogP contribution in [0.5, 0.6) is 0 Å². The van der Waals surface area contributed by atoms with E-state index in [1.165, 1.54) is 5.56 Å². The molecular weight excluding hydrogens is 296 g/mol. The fraction of sp³-hybridized carbons (Fsp3) is 0.385. The first kappa shape index (κ1) is 13.6. The molecule has 0 atom stereocenters. The highest BCUT2D eigenvalue weighted by Crippen LogP contribution is 2.22. The van der Waals surface area contributed by atoms with E-state index >= 15 is 0 Å². The number of aromatic nitrogens is 2. The fourth-order valence-corrected chi connectivity index (χ4v) is 3.25. The van der Waals surface area contributed by atoms with Crippen molar-refractivity contribution in [2.75, 3.05) is 31.1 Å². The Hall–Kier alpha value is -1.37. The second-order valence-corrected chi connectivity index (χ2v) is 5.95. The van der Waals surface area contributed by atoms with Crippen LogP contribution in [0.3, 0.4) is 0 Å². The molecule has 7 heteroatoms. The zero-order valence-electron chi connectivity index (χ0n) is 10.9. The molecule has 0 aliphatic carbocycles. The Morgan fingerprint density at radius 1 is 1.35 bits per heavy atom. The molecule has 0 aromatic carbocycles. The van der Waals surface area contributed by atoms with Crippen molar-refractivity contribution in [3.8, 4) is 0 Å². The van der Waals surface area contributed by atoms with E-state index in [-0.39, 0.29) is 10.6 Å². The third kappa shape index (κ3) is 2.87. The fourth-order valence-electron chi connectivity index (χ4n) is 2.38. The van der Waals surface area contributed by atoms with Crippen molar-refractivity contribution in [1.82, 2.24) is 15.1 Å². The number of hydrogen-bond acceptors (Lipinski definition) is 5. The minimum atomic E-state index is -0.329. The molecule has 20 heavy (non-hydrogen) atoms. The van der Waals surface area contributed by atoms with Crippen LogP contribution < -0.4 is 10.5 Å². The molecule has 1 aliphatic rings. The topological polar surface area (TPSA) is 52.2 Å². The number of hydrogen-bond donors (Lipinski definition) is 1. The third-order valence-electron chi connectivity index (χ3n) is 3.48. The van der Waals surface area contributed by atoms with Crippen LogP contribution in [0.1, 0.15) is 5.56 Å². The molecule has 0 saturated carbocycles. The lowest BCUT2D eigenvalue weighted by atomic mass is 10.2. The molecule has 2 aromatic rings. The van der Waals surface area contributed by atoms with Crippen molar-refractivity contribution in [2.24, 2.45) is 0 Å². The third-order valence-corrected chi connectivity index (χ3v) is 4.57. The van der Waals surface area contributed by atoms with Gasteiger partial charge in [0.25, 0.3) is 5.56 Å². The first-order valence-corrected chi connectivity index (χ1v) is 7.77. The Kier molecular flexibility index (Phi) is 4.05. The summed E-state index contributed by atoms with van der Waals surface area (Å²) < 4.78 is 0.